The first-order valence-electron chi connectivity index (χ1n) is 10.4. The molecule has 7 nitrogen and oxygen atoms in total. The molecule has 2 heterocycles. The zero-order valence-corrected chi connectivity index (χ0v) is 16.8. The highest BCUT2D eigenvalue weighted by Crippen LogP contribution is 2.32. The van der Waals surface area contributed by atoms with E-state index in [9.17, 15) is 9.59 Å². The van der Waals surface area contributed by atoms with Crippen LogP contribution in [-0.2, 0) is 4.79 Å². The molecule has 1 aromatic heterocycles. The number of H-pyrrole nitrogens is 1. The van der Waals surface area contributed by atoms with E-state index in [1.807, 2.05) is 23.1 Å². The number of likely N-dealkylation sites (tertiary alicyclic amines) is 1. The molecule has 29 heavy (non-hydrogen) atoms. The van der Waals surface area contributed by atoms with E-state index in [2.05, 4.69) is 15.5 Å². The van der Waals surface area contributed by atoms with Crippen molar-refractivity contribution < 1.29 is 14.3 Å². The normalized spacial score (nSPS) is 19.9. The summed E-state index contributed by atoms with van der Waals surface area (Å²) in [7, 11) is 1.60. The lowest BCUT2D eigenvalue weighted by Crippen LogP contribution is -2.39. The highest BCUT2D eigenvalue weighted by atomic mass is 16.5. The molecule has 0 radical (unpaired) electrons. The number of methoxy groups -OCH3 is 1. The van der Waals surface area contributed by atoms with Crippen molar-refractivity contribution in [3.63, 3.8) is 0 Å². The van der Waals surface area contributed by atoms with Gasteiger partial charge in [-0.25, -0.2) is 0 Å². The molecule has 0 bridgehead atoms. The second-order valence-electron chi connectivity index (χ2n) is 7.99. The number of aromatic amines is 1. The summed E-state index contributed by atoms with van der Waals surface area (Å²) in [5, 5.41) is 10.3. The van der Waals surface area contributed by atoms with E-state index in [0.29, 0.717) is 17.9 Å². The number of carbonyl (C=O) groups is 2. The van der Waals surface area contributed by atoms with Crippen LogP contribution in [0, 0.1) is 5.92 Å². The fourth-order valence-corrected chi connectivity index (χ4v) is 4.47. The van der Waals surface area contributed by atoms with Gasteiger partial charge < -0.3 is 15.0 Å². The Bertz CT molecular complexity index is 872. The largest absolute Gasteiger partial charge is 0.497 e. The molecule has 1 saturated heterocycles. The monoisotopic (exact) mass is 396 g/mol. The predicted molar refractivity (Wildman–Crippen MR) is 110 cm³/mol. The average molecular weight is 396 g/mol. The van der Waals surface area contributed by atoms with Crippen LogP contribution in [0.15, 0.2) is 30.5 Å². The van der Waals surface area contributed by atoms with Crippen molar-refractivity contribution in [2.24, 2.45) is 5.92 Å². The average Bonchev–Trinajstić information content (AvgIpc) is 3.45. The molecule has 2 aromatic rings. The van der Waals surface area contributed by atoms with Crippen LogP contribution in [-0.4, -0.2) is 47.1 Å². The van der Waals surface area contributed by atoms with Crippen LogP contribution in [0.4, 0.5) is 5.69 Å². The van der Waals surface area contributed by atoms with Gasteiger partial charge in [-0.1, -0.05) is 18.9 Å². The fourth-order valence-electron chi connectivity index (χ4n) is 4.47. The predicted octanol–water partition coefficient (Wildman–Crippen LogP) is 3.57. The summed E-state index contributed by atoms with van der Waals surface area (Å²) in [6.07, 6.45) is 7.73. The van der Waals surface area contributed by atoms with Gasteiger partial charge in [-0.05, 0) is 43.9 Å². The van der Waals surface area contributed by atoms with Gasteiger partial charge in [0, 0.05) is 30.5 Å². The second kappa shape index (κ2) is 8.68. The van der Waals surface area contributed by atoms with Crippen LogP contribution >= 0.6 is 0 Å². The van der Waals surface area contributed by atoms with Gasteiger partial charge in [0.2, 0.25) is 5.91 Å². The summed E-state index contributed by atoms with van der Waals surface area (Å²) in [5.74, 6) is 1.000. The molecule has 1 aliphatic heterocycles. The Balaban J connectivity index is 1.45. The van der Waals surface area contributed by atoms with Crippen molar-refractivity contribution >= 4 is 17.5 Å². The Labute approximate surface area is 170 Å². The van der Waals surface area contributed by atoms with E-state index in [-0.39, 0.29) is 23.7 Å². The third kappa shape index (κ3) is 4.28. The molecule has 2 fully saturated rings. The Morgan fingerprint density at radius 1 is 1.21 bits per heavy atom. The molecule has 1 aromatic carbocycles. The maximum atomic E-state index is 13.0. The number of hydrogen-bond acceptors (Lipinski definition) is 4. The number of aromatic nitrogens is 2. The first-order valence-corrected chi connectivity index (χ1v) is 10.4. The number of benzene rings is 1. The van der Waals surface area contributed by atoms with Crippen LogP contribution < -0.4 is 10.1 Å². The number of nitrogens with zero attached hydrogens (tertiary/aromatic N) is 2. The lowest BCUT2D eigenvalue weighted by molar-refractivity contribution is -0.119. The summed E-state index contributed by atoms with van der Waals surface area (Å²) in [6, 6.07) is 7.26. The zero-order valence-electron chi connectivity index (χ0n) is 16.8. The molecule has 154 valence electrons. The van der Waals surface area contributed by atoms with Gasteiger partial charge in [-0.15, -0.1) is 0 Å². The Kier molecular flexibility index (Phi) is 5.83. The lowest BCUT2D eigenvalue weighted by atomic mass is 9.93. The lowest BCUT2D eigenvalue weighted by Gasteiger charge is -2.33. The first-order chi connectivity index (χ1) is 14.2. The van der Waals surface area contributed by atoms with Crippen molar-refractivity contribution in [3.05, 3.63) is 41.7 Å². The van der Waals surface area contributed by atoms with Gasteiger partial charge in [0.25, 0.3) is 5.91 Å². The molecule has 2 aliphatic rings. The number of ether oxygens (including phenoxy) is 1. The van der Waals surface area contributed by atoms with Crippen molar-refractivity contribution in [2.45, 2.75) is 44.4 Å². The molecule has 1 atom stereocenters. The highest BCUT2D eigenvalue weighted by Gasteiger charge is 2.30. The summed E-state index contributed by atoms with van der Waals surface area (Å²) < 4.78 is 5.24. The third-order valence-electron chi connectivity index (χ3n) is 6.09. The van der Waals surface area contributed by atoms with Crippen LogP contribution in [0.3, 0.4) is 0 Å². The third-order valence-corrected chi connectivity index (χ3v) is 6.09. The molecule has 2 N–H and O–H groups in total. The molecule has 0 spiro atoms. The SMILES string of the molecule is COc1cccc(C(=O)N2CCC[C@H](c3[nH]ncc3NC(=O)C3CCCC3)C2)c1. The number of piperidine rings is 1. The molecule has 4 rings (SSSR count). The molecule has 7 heteroatoms. The molecule has 1 saturated carbocycles. The van der Waals surface area contributed by atoms with Crippen LogP contribution in [0.2, 0.25) is 0 Å². The van der Waals surface area contributed by atoms with Gasteiger partial charge in [-0.2, -0.15) is 5.10 Å². The van der Waals surface area contributed by atoms with E-state index < -0.39 is 0 Å². The number of carbonyl (C=O) groups excluding carboxylic acids is 2. The van der Waals surface area contributed by atoms with Crippen molar-refractivity contribution in [1.82, 2.24) is 15.1 Å². The van der Waals surface area contributed by atoms with Gasteiger partial charge in [0.05, 0.1) is 24.7 Å². The maximum absolute atomic E-state index is 13.0. The van der Waals surface area contributed by atoms with E-state index in [1.165, 1.54) is 0 Å². The summed E-state index contributed by atoms with van der Waals surface area (Å²) in [5.41, 5.74) is 2.30. The Hall–Kier alpha value is -2.83. The molecular weight excluding hydrogens is 368 g/mol. The first kappa shape index (κ1) is 19.5. The molecule has 0 unspecified atom stereocenters. The standard InChI is InChI=1S/C22H28N4O3/c1-29-18-10-4-8-16(12-18)22(28)26-11-5-9-17(14-26)20-19(13-23-25-20)24-21(27)15-6-2-3-7-15/h4,8,10,12-13,15,17H,2-3,5-7,9,11,14H2,1H3,(H,23,25)(H,24,27)/t17-/m0/s1. The summed E-state index contributed by atoms with van der Waals surface area (Å²) >= 11 is 0. The summed E-state index contributed by atoms with van der Waals surface area (Å²) in [4.78, 5) is 27.4. The van der Waals surface area contributed by atoms with Crippen LogP contribution in [0.5, 0.6) is 5.75 Å². The molecular formula is C22H28N4O3. The zero-order chi connectivity index (χ0) is 20.2. The van der Waals surface area contributed by atoms with Gasteiger partial charge in [0.15, 0.2) is 0 Å². The summed E-state index contributed by atoms with van der Waals surface area (Å²) in [6.45, 7) is 1.33. The van der Waals surface area contributed by atoms with Crippen molar-refractivity contribution in [2.75, 3.05) is 25.5 Å². The number of hydrogen-bond donors (Lipinski definition) is 2. The Morgan fingerprint density at radius 3 is 2.83 bits per heavy atom. The van der Waals surface area contributed by atoms with E-state index in [1.54, 1.807) is 19.4 Å². The molecule has 1 aliphatic carbocycles. The van der Waals surface area contributed by atoms with Gasteiger partial charge >= 0.3 is 0 Å². The topological polar surface area (TPSA) is 87.3 Å². The van der Waals surface area contributed by atoms with Crippen molar-refractivity contribution in [3.8, 4) is 5.75 Å². The minimum Gasteiger partial charge on any atom is -0.497 e. The van der Waals surface area contributed by atoms with Gasteiger partial charge in [0.1, 0.15) is 5.75 Å². The smallest absolute Gasteiger partial charge is 0.254 e. The number of anilines is 1. The van der Waals surface area contributed by atoms with E-state index in [4.69, 9.17) is 4.74 Å². The second-order valence-corrected chi connectivity index (χ2v) is 7.99. The maximum Gasteiger partial charge on any atom is 0.254 e. The van der Waals surface area contributed by atoms with Gasteiger partial charge in [-0.3, -0.25) is 14.7 Å². The van der Waals surface area contributed by atoms with E-state index in [0.717, 1.165) is 56.5 Å². The fraction of sp³-hybridized carbons (Fsp3) is 0.500. The van der Waals surface area contributed by atoms with E-state index >= 15 is 0 Å². The minimum absolute atomic E-state index is 0.00431. The molecule has 2 amide bonds. The quantitative estimate of drug-likeness (QED) is 0.809. The number of amides is 2. The highest BCUT2D eigenvalue weighted by molar-refractivity contribution is 5.95. The van der Waals surface area contributed by atoms with Crippen LogP contribution in [0.1, 0.15) is 60.5 Å². The van der Waals surface area contributed by atoms with Crippen molar-refractivity contribution in [1.29, 1.82) is 0 Å². The number of rotatable bonds is 5. The van der Waals surface area contributed by atoms with Crippen LogP contribution in [0.25, 0.3) is 0 Å². The Morgan fingerprint density at radius 2 is 2.03 bits per heavy atom. The minimum atomic E-state index is 0.00431. The number of nitrogens with one attached hydrogen (secondary N) is 2.